The third kappa shape index (κ3) is 7.50. The molecule has 2 aromatic heterocycles. The van der Waals surface area contributed by atoms with Gasteiger partial charge in [-0.2, -0.15) is 0 Å². The predicted octanol–water partition coefficient (Wildman–Crippen LogP) is 4.00. The maximum atomic E-state index is 4.71. The largest absolute Gasteiger partial charge is 0.472 e. The highest BCUT2D eigenvalue weighted by Gasteiger charge is 1.75. The molecule has 15 heavy (non-hydrogen) atoms. The third-order valence-electron chi connectivity index (χ3n) is 1.51. The molecule has 0 fully saturated rings. The number of aryl methyl sites for hydroxylation is 2. The molecule has 2 heterocycles. The van der Waals surface area contributed by atoms with Gasteiger partial charge < -0.3 is 4.42 Å². The average Bonchev–Trinajstić information content (AvgIpc) is 2.74. The minimum absolute atomic E-state index is 1.18. The first-order valence-corrected chi connectivity index (χ1v) is 5.14. The molecule has 0 aliphatic rings. The zero-order valence-corrected chi connectivity index (χ0v) is 9.90. The number of nitrogens with zero attached hydrogens (tertiary/aromatic N) is 1. The lowest BCUT2D eigenvalue weighted by atomic mass is 10.3. The van der Waals surface area contributed by atoms with Gasteiger partial charge in [-0.3, -0.25) is 4.98 Å². The standard InChI is InChI=1S/C6H7N.C5H6O.C2H6/c1-6-2-4-7-5-3-6;1-5-2-3-6-4-5;1-2/h2-5H,1H3;2-4H,1H3;1-2H3. The lowest BCUT2D eigenvalue weighted by Crippen LogP contribution is -1.68. The summed E-state index contributed by atoms with van der Waals surface area (Å²) < 4.78 is 4.71. The first kappa shape index (κ1) is 13.4. The summed E-state index contributed by atoms with van der Waals surface area (Å²) >= 11 is 0. The Morgan fingerprint density at radius 3 is 1.73 bits per heavy atom. The number of hydrogen-bond donors (Lipinski definition) is 0. The van der Waals surface area contributed by atoms with Gasteiger partial charge in [0, 0.05) is 12.4 Å². The molecule has 0 aliphatic heterocycles. The Morgan fingerprint density at radius 1 is 0.933 bits per heavy atom. The Hall–Kier alpha value is -1.57. The van der Waals surface area contributed by atoms with Gasteiger partial charge >= 0.3 is 0 Å². The molecule has 0 N–H and O–H groups in total. The van der Waals surface area contributed by atoms with Gasteiger partial charge in [-0.25, -0.2) is 0 Å². The van der Waals surface area contributed by atoms with Crippen LogP contribution in [0.25, 0.3) is 0 Å². The fourth-order valence-corrected chi connectivity index (χ4v) is 0.759. The van der Waals surface area contributed by atoms with Crippen molar-refractivity contribution in [2.45, 2.75) is 27.7 Å². The minimum Gasteiger partial charge on any atom is -0.472 e. The zero-order valence-electron chi connectivity index (χ0n) is 9.90. The monoisotopic (exact) mass is 205 g/mol. The third-order valence-corrected chi connectivity index (χ3v) is 1.51. The van der Waals surface area contributed by atoms with E-state index in [0.29, 0.717) is 0 Å². The molecule has 2 nitrogen and oxygen atoms in total. The topological polar surface area (TPSA) is 26.0 Å². The SMILES string of the molecule is CC.Cc1ccncc1.Cc1ccoc1. The zero-order chi connectivity index (χ0) is 11.5. The van der Waals surface area contributed by atoms with Gasteiger partial charge in [0.1, 0.15) is 0 Å². The summed E-state index contributed by atoms with van der Waals surface area (Å²) in [7, 11) is 0. The molecule has 0 unspecified atom stereocenters. The van der Waals surface area contributed by atoms with Crippen LogP contribution in [0.1, 0.15) is 25.0 Å². The van der Waals surface area contributed by atoms with Crippen molar-refractivity contribution < 1.29 is 4.42 Å². The molecular weight excluding hydrogens is 186 g/mol. The van der Waals surface area contributed by atoms with Gasteiger partial charge in [-0.05, 0) is 43.2 Å². The van der Waals surface area contributed by atoms with E-state index in [9.17, 15) is 0 Å². The van der Waals surface area contributed by atoms with Crippen LogP contribution in [-0.4, -0.2) is 4.98 Å². The van der Waals surface area contributed by atoms with E-state index in [4.69, 9.17) is 4.42 Å². The van der Waals surface area contributed by atoms with Crippen molar-refractivity contribution >= 4 is 0 Å². The van der Waals surface area contributed by atoms with E-state index in [1.165, 1.54) is 11.1 Å². The van der Waals surface area contributed by atoms with E-state index in [1.807, 2.05) is 45.9 Å². The average molecular weight is 205 g/mol. The number of furan rings is 1. The van der Waals surface area contributed by atoms with Crippen molar-refractivity contribution in [3.05, 3.63) is 54.2 Å². The van der Waals surface area contributed by atoms with Crippen LogP contribution in [-0.2, 0) is 0 Å². The number of aromatic nitrogens is 1. The van der Waals surface area contributed by atoms with Crippen molar-refractivity contribution in [1.29, 1.82) is 0 Å². The van der Waals surface area contributed by atoms with Crippen LogP contribution in [0.2, 0.25) is 0 Å². The molecule has 0 saturated heterocycles. The molecule has 0 aromatic carbocycles. The summed E-state index contributed by atoms with van der Waals surface area (Å²) in [6, 6.07) is 5.86. The fraction of sp³-hybridized carbons (Fsp3) is 0.308. The van der Waals surface area contributed by atoms with Crippen molar-refractivity contribution in [2.75, 3.05) is 0 Å². The molecule has 0 radical (unpaired) electrons. The Labute approximate surface area is 92.0 Å². The molecule has 82 valence electrons. The fourth-order valence-electron chi connectivity index (χ4n) is 0.759. The second kappa shape index (κ2) is 9.00. The Bertz CT molecular complexity index is 314. The molecule has 0 atom stereocenters. The summed E-state index contributed by atoms with van der Waals surface area (Å²) in [5.41, 5.74) is 2.44. The van der Waals surface area contributed by atoms with Gasteiger partial charge in [0.05, 0.1) is 12.5 Å². The Balaban J connectivity index is 0.000000227. The van der Waals surface area contributed by atoms with E-state index in [-0.39, 0.29) is 0 Å². The molecule has 2 aromatic rings. The van der Waals surface area contributed by atoms with Crippen LogP contribution in [0, 0.1) is 13.8 Å². The maximum absolute atomic E-state index is 4.71. The van der Waals surface area contributed by atoms with Crippen LogP contribution >= 0.6 is 0 Å². The van der Waals surface area contributed by atoms with Crippen molar-refractivity contribution in [3.8, 4) is 0 Å². The lowest BCUT2D eigenvalue weighted by Gasteiger charge is -1.82. The van der Waals surface area contributed by atoms with Crippen molar-refractivity contribution in [2.24, 2.45) is 0 Å². The quantitative estimate of drug-likeness (QED) is 0.649. The van der Waals surface area contributed by atoms with Gasteiger partial charge in [-0.15, -0.1) is 0 Å². The molecule has 0 bridgehead atoms. The van der Waals surface area contributed by atoms with Crippen molar-refractivity contribution in [3.63, 3.8) is 0 Å². The summed E-state index contributed by atoms with van der Waals surface area (Å²) in [6.07, 6.45) is 6.94. The summed E-state index contributed by atoms with van der Waals surface area (Å²) in [5, 5.41) is 0. The first-order chi connectivity index (χ1) is 7.29. The minimum atomic E-state index is 1.18. The van der Waals surface area contributed by atoms with Crippen molar-refractivity contribution in [1.82, 2.24) is 4.98 Å². The van der Waals surface area contributed by atoms with Gasteiger partial charge in [0.25, 0.3) is 0 Å². The van der Waals surface area contributed by atoms with Crippen LogP contribution in [0.4, 0.5) is 0 Å². The highest BCUT2D eigenvalue weighted by atomic mass is 16.3. The van der Waals surface area contributed by atoms with Gasteiger partial charge in [0.15, 0.2) is 0 Å². The smallest absolute Gasteiger partial charge is 0.0931 e. The van der Waals surface area contributed by atoms with Crippen LogP contribution in [0.5, 0.6) is 0 Å². The van der Waals surface area contributed by atoms with E-state index in [0.717, 1.165) is 0 Å². The molecule has 0 amide bonds. The predicted molar refractivity (Wildman–Crippen MR) is 63.8 cm³/mol. The molecule has 0 spiro atoms. The lowest BCUT2D eigenvalue weighted by molar-refractivity contribution is 0.565. The second-order valence-electron chi connectivity index (χ2n) is 2.83. The molecule has 0 aliphatic carbocycles. The van der Waals surface area contributed by atoms with E-state index in [1.54, 1.807) is 24.9 Å². The van der Waals surface area contributed by atoms with Crippen LogP contribution in [0.15, 0.2) is 47.5 Å². The van der Waals surface area contributed by atoms with Gasteiger partial charge in [-0.1, -0.05) is 13.8 Å². The van der Waals surface area contributed by atoms with Gasteiger partial charge in [0.2, 0.25) is 0 Å². The van der Waals surface area contributed by atoms with E-state index < -0.39 is 0 Å². The van der Waals surface area contributed by atoms with Crippen LogP contribution in [0.3, 0.4) is 0 Å². The van der Waals surface area contributed by atoms with Crippen LogP contribution < -0.4 is 0 Å². The summed E-state index contributed by atoms with van der Waals surface area (Å²) in [4.78, 5) is 3.85. The normalized spacial score (nSPS) is 8.00. The molecular formula is C13H19NO. The Morgan fingerprint density at radius 2 is 1.53 bits per heavy atom. The highest BCUT2D eigenvalue weighted by molar-refractivity contribution is 5.05. The number of pyridine rings is 1. The number of rotatable bonds is 0. The molecule has 2 rings (SSSR count). The summed E-state index contributed by atoms with van der Waals surface area (Å²) in [6.45, 7) is 8.03. The van der Waals surface area contributed by atoms with E-state index in [2.05, 4.69) is 4.98 Å². The first-order valence-electron chi connectivity index (χ1n) is 5.14. The molecule has 2 heteroatoms. The highest BCUT2D eigenvalue weighted by Crippen LogP contribution is 1.93. The number of hydrogen-bond acceptors (Lipinski definition) is 2. The second-order valence-corrected chi connectivity index (χ2v) is 2.83. The maximum Gasteiger partial charge on any atom is 0.0931 e. The summed E-state index contributed by atoms with van der Waals surface area (Å²) in [5.74, 6) is 0. The molecule has 0 saturated carbocycles. The van der Waals surface area contributed by atoms with E-state index >= 15 is 0 Å². The Kier molecular flexibility index (Phi) is 8.06.